The number of carbonyl (C=O) groups is 1. The first-order valence-corrected chi connectivity index (χ1v) is 9.25. The van der Waals surface area contributed by atoms with Gasteiger partial charge >= 0.3 is 0 Å². The Morgan fingerprint density at radius 3 is 2.82 bits per heavy atom. The van der Waals surface area contributed by atoms with Crippen molar-refractivity contribution in [2.45, 2.75) is 19.6 Å². The summed E-state index contributed by atoms with van der Waals surface area (Å²) in [5.41, 5.74) is 0.671. The lowest BCUT2D eigenvalue weighted by atomic mass is 10.1. The molecule has 6 nitrogen and oxygen atoms in total. The van der Waals surface area contributed by atoms with Crippen LogP contribution in [0, 0.1) is 11.7 Å². The number of rotatable bonds is 7. The highest BCUT2D eigenvalue weighted by Crippen LogP contribution is 2.20. The van der Waals surface area contributed by atoms with Crippen molar-refractivity contribution in [2.24, 2.45) is 5.92 Å². The Balaban J connectivity index is 1.29. The molecule has 1 fully saturated rings. The molecule has 1 amide bonds. The second-order valence-electron chi connectivity index (χ2n) is 6.90. The molecule has 0 aliphatic carbocycles. The van der Waals surface area contributed by atoms with E-state index in [-0.39, 0.29) is 30.6 Å². The number of fused-ring (bicyclic) bond motifs is 1. The number of benzene rings is 2. The van der Waals surface area contributed by atoms with E-state index in [4.69, 9.17) is 14.0 Å². The minimum atomic E-state index is -0.313. The van der Waals surface area contributed by atoms with E-state index < -0.39 is 0 Å². The highest BCUT2D eigenvalue weighted by Gasteiger charge is 2.18. The van der Waals surface area contributed by atoms with E-state index in [1.165, 1.54) is 12.1 Å². The Bertz CT molecular complexity index is 966. The van der Waals surface area contributed by atoms with Crippen molar-refractivity contribution in [1.82, 2.24) is 10.5 Å². The van der Waals surface area contributed by atoms with Gasteiger partial charge in [-0.3, -0.25) is 4.79 Å². The maximum atomic E-state index is 14.2. The monoisotopic (exact) mass is 384 g/mol. The van der Waals surface area contributed by atoms with Crippen LogP contribution in [0.3, 0.4) is 0 Å². The minimum Gasteiger partial charge on any atom is -0.381 e. The lowest BCUT2D eigenvalue weighted by molar-refractivity contribution is 0.0859. The van der Waals surface area contributed by atoms with Gasteiger partial charge in [0.05, 0.1) is 13.2 Å². The fraction of sp³-hybridized carbons (Fsp3) is 0.333. The van der Waals surface area contributed by atoms with Crippen molar-refractivity contribution in [2.75, 3.05) is 19.8 Å². The van der Waals surface area contributed by atoms with Gasteiger partial charge in [-0.15, -0.1) is 0 Å². The van der Waals surface area contributed by atoms with Crippen LogP contribution in [0.25, 0.3) is 10.8 Å². The van der Waals surface area contributed by atoms with E-state index in [0.29, 0.717) is 30.4 Å². The molecule has 4 rings (SSSR count). The summed E-state index contributed by atoms with van der Waals surface area (Å²) in [6.45, 7) is 2.16. The van der Waals surface area contributed by atoms with Crippen LogP contribution < -0.4 is 5.32 Å². The molecule has 28 heavy (non-hydrogen) atoms. The van der Waals surface area contributed by atoms with E-state index in [0.717, 1.165) is 23.8 Å². The van der Waals surface area contributed by atoms with Crippen molar-refractivity contribution in [1.29, 1.82) is 0 Å². The van der Waals surface area contributed by atoms with Gasteiger partial charge in [0, 0.05) is 30.7 Å². The molecule has 146 valence electrons. The summed E-state index contributed by atoms with van der Waals surface area (Å²) in [5, 5.41) is 8.40. The molecule has 3 aromatic rings. The second-order valence-corrected chi connectivity index (χ2v) is 6.90. The van der Waals surface area contributed by atoms with Crippen LogP contribution in [0.15, 0.2) is 47.0 Å². The Morgan fingerprint density at radius 1 is 1.21 bits per heavy atom. The first kappa shape index (κ1) is 18.6. The van der Waals surface area contributed by atoms with Crippen molar-refractivity contribution >= 4 is 16.7 Å². The maximum Gasteiger partial charge on any atom is 0.273 e. The highest BCUT2D eigenvalue weighted by atomic mass is 19.1. The molecule has 1 atom stereocenters. The van der Waals surface area contributed by atoms with Gasteiger partial charge in [0.2, 0.25) is 0 Å². The third-order valence-corrected chi connectivity index (χ3v) is 4.78. The van der Waals surface area contributed by atoms with E-state index >= 15 is 0 Å². The zero-order chi connectivity index (χ0) is 19.3. The number of hydrogen-bond donors (Lipinski definition) is 1. The van der Waals surface area contributed by atoms with Gasteiger partial charge in [-0.25, -0.2) is 4.39 Å². The standard InChI is InChI=1S/C21H21FN2O4/c22-19-8-16-4-2-1-3-15(16)7-17(19)12-27-13-18-9-20(24-28-18)21(25)23-10-14-5-6-26-11-14/h1-4,7-9,14H,5-6,10-13H2,(H,23,25). The molecule has 1 N–H and O–H groups in total. The quantitative estimate of drug-likeness (QED) is 0.675. The lowest BCUT2D eigenvalue weighted by Crippen LogP contribution is -2.29. The second kappa shape index (κ2) is 8.50. The maximum absolute atomic E-state index is 14.2. The zero-order valence-electron chi connectivity index (χ0n) is 15.3. The van der Waals surface area contributed by atoms with Crippen molar-refractivity contribution in [3.8, 4) is 0 Å². The van der Waals surface area contributed by atoms with Crippen LogP contribution in [-0.2, 0) is 22.7 Å². The molecular weight excluding hydrogens is 363 g/mol. The number of ether oxygens (including phenoxy) is 2. The SMILES string of the molecule is O=C(NCC1CCOC1)c1cc(COCc2cc3ccccc3cc2F)on1. The van der Waals surface area contributed by atoms with Crippen LogP contribution >= 0.6 is 0 Å². The van der Waals surface area contributed by atoms with Crippen molar-refractivity contribution in [3.05, 3.63) is 65.3 Å². The molecule has 0 radical (unpaired) electrons. The van der Waals surface area contributed by atoms with E-state index in [9.17, 15) is 9.18 Å². The molecule has 1 aromatic heterocycles. The third kappa shape index (κ3) is 4.37. The minimum absolute atomic E-state index is 0.0978. The molecule has 1 saturated heterocycles. The molecule has 2 aromatic carbocycles. The van der Waals surface area contributed by atoms with Gasteiger partial charge < -0.3 is 19.3 Å². The zero-order valence-corrected chi connectivity index (χ0v) is 15.3. The molecule has 2 heterocycles. The van der Waals surface area contributed by atoms with Crippen LogP contribution in [-0.4, -0.2) is 30.8 Å². The van der Waals surface area contributed by atoms with Crippen LogP contribution in [0.1, 0.15) is 28.2 Å². The first-order valence-electron chi connectivity index (χ1n) is 9.25. The lowest BCUT2D eigenvalue weighted by Gasteiger charge is -2.07. The summed E-state index contributed by atoms with van der Waals surface area (Å²) in [6, 6.07) is 12.4. The Labute approximate surface area is 161 Å². The number of aromatic nitrogens is 1. The molecule has 0 spiro atoms. The van der Waals surface area contributed by atoms with Gasteiger partial charge in [-0.1, -0.05) is 29.4 Å². The van der Waals surface area contributed by atoms with E-state index in [1.54, 1.807) is 6.07 Å². The molecule has 7 heteroatoms. The van der Waals surface area contributed by atoms with Crippen molar-refractivity contribution in [3.63, 3.8) is 0 Å². The van der Waals surface area contributed by atoms with Crippen LogP contribution in [0.5, 0.6) is 0 Å². The summed E-state index contributed by atoms with van der Waals surface area (Å²) in [6.07, 6.45) is 0.948. The summed E-state index contributed by atoms with van der Waals surface area (Å²) in [7, 11) is 0. The largest absolute Gasteiger partial charge is 0.381 e. The topological polar surface area (TPSA) is 73.6 Å². The summed E-state index contributed by atoms with van der Waals surface area (Å²) >= 11 is 0. The molecule has 0 bridgehead atoms. The third-order valence-electron chi connectivity index (χ3n) is 4.78. The Kier molecular flexibility index (Phi) is 5.64. The summed E-state index contributed by atoms with van der Waals surface area (Å²) in [4.78, 5) is 12.1. The fourth-order valence-corrected chi connectivity index (χ4v) is 3.19. The molecule has 1 aliphatic heterocycles. The smallest absolute Gasteiger partial charge is 0.273 e. The molecule has 1 unspecified atom stereocenters. The highest BCUT2D eigenvalue weighted by molar-refractivity contribution is 5.92. The van der Waals surface area contributed by atoms with E-state index in [2.05, 4.69) is 10.5 Å². The molecular formula is C21H21FN2O4. The van der Waals surface area contributed by atoms with Gasteiger partial charge in [0.1, 0.15) is 12.4 Å². The number of amides is 1. The average Bonchev–Trinajstić information content (AvgIpc) is 3.38. The number of nitrogens with one attached hydrogen (secondary N) is 1. The Hall–Kier alpha value is -2.77. The number of hydrogen-bond acceptors (Lipinski definition) is 5. The average molecular weight is 384 g/mol. The molecule has 0 saturated carbocycles. The summed E-state index contributed by atoms with van der Waals surface area (Å²) < 4.78 is 30.2. The Morgan fingerprint density at radius 2 is 2.04 bits per heavy atom. The van der Waals surface area contributed by atoms with Crippen LogP contribution in [0.2, 0.25) is 0 Å². The predicted molar refractivity (Wildman–Crippen MR) is 100 cm³/mol. The van der Waals surface area contributed by atoms with Crippen LogP contribution in [0.4, 0.5) is 4.39 Å². The van der Waals surface area contributed by atoms with Gasteiger partial charge in [-0.05, 0) is 29.3 Å². The first-order chi connectivity index (χ1) is 13.7. The number of nitrogens with zero attached hydrogens (tertiary/aromatic N) is 1. The normalized spacial score (nSPS) is 16.5. The summed E-state index contributed by atoms with van der Waals surface area (Å²) in [5.74, 6) is 0.153. The van der Waals surface area contributed by atoms with Gasteiger partial charge in [-0.2, -0.15) is 0 Å². The van der Waals surface area contributed by atoms with Gasteiger partial charge in [0.15, 0.2) is 11.5 Å². The molecule has 1 aliphatic rings. The number of halogens is 1. The van der Waals surface area contributed by atoms with Gasteiger partial charge in [0.25, 0.3) is 5.91 Å². The number of carbonyl (C=O) groups excluding carboxylic acids is 1. The fourth-order valence-electron chi connectivity index (χ4n) is 3.19. The predicted octanol–water partition coefficient (Wildman–Crippen LogP) is 3.45. The van der Waals surface area contributed by atoms with Crippen molar-refractivity contribution < 1.29 is 23.2 Å². The van der Waals surface area contributed by atoms with E-state index in [1.807, 2.05) is 24.3 Å².